The molecule has 1 atom stereocenters. The highest BCUT2D eigenvalue weighted by atomic mass is 32.1. The molecule has 1 aliphatic rings. The first-order chi connectivity index (χ1) is 9.77. The summed E-state index contributed by atoms with van der Waals surface area (Å²) in [5.74, 6) is 0. The van der Waals surface area contributed by atoms with E-state index in [9.17, 15) is 5.11 Å². The average Bonchev–Trinajstić information content (AvgIpc) is 2.54. The van der Waals surface area contributed by atoms with Crippen molar-refractivity contribution < 1.29 is 9.84 Å². The Balaban J connectivity index is 1.91. The van der Waals surface area contributed by atoms with E-state index < -0.39 is 6.10 Å². The molecule has 1 N–H and O–H groups in total. The zero-order chi connectivity index (χ0) is 13.9. The number of hydrogen-bond acceptors (Lipinski definition) is 3. The van der Waals surface area contributed by atoms with Crippen LogP contribution >= 0.6 is 12.2 Å². The Morgan fingerprint density at radius 2 is 1.80 bits per heavy atom. The molecule has 0 saturated carbocycles. The third kappa shape index (κ3) is 2.54. The van der Waals surface area contributed by atoms with E-state index >= 15 is 0 Å². The van der Waals surface area contributed by atoms with E-state index in [1.807, 2.05) is 47.4 Å². The number of nitrogens with zero attached hydrogens (tertiary/aromatic N) is 1. The van der Waals surface area contributed by atoms with Gasteiger partial charge in [0.25, 0.3) is 0 Å². The number of benzene rings is 2. The Bertz CT molecular complexity index is 617. The summed E-state index contributed by atoms with van der Waals surface area (Å²) in [5, 5.41) is 12.8. The Labute approximate surface area is 123 Å². The fraction of sp³-hybridized carbons (Fsp3) is 0.312. The van der Waals surface area contributed by atoms with Crippen LogP contribution in [0.1, 0.15) is 11.7 Å². The summed E-state index contributed by atoms with van der Waals surface area (Å²) < 4.78 is 5.32. The Morgan fingerprint density at radius 1 is 1.10 bits per heavy atom. The van der Waals surface area contributed by atoms with Crippen LogP contribution in [0.4, 0.5) is 0 Å². The Hall–Kier alpha value is -1.49. The smallest absolute Gasteiger partial charge is 0.130 e. The summed E-state index contributed by atoms with van der Waals surface area (Å²) >= 11 is 5.46. The van der Waals surface area contributed by atoms with Gasteiger partial charge in [-0.15, -0.1) is 0 Å². The zero-order valence-corrected chi connectivity index (χ0v) is 12.0. The van der Waals surface area contributed by atoms with Gasteiger partial charge in [-0.05, 0) is 16.3 Å². The minimum absolute atomic E-state index is 0.588. The second-order valence-electron chi connectivity index (χ2n) is 4.91. The van der Waals surface area contributed by atoms with E-state index in [4.69, 9.17) is 17.0 Å². The number of ether oxygens (including phenoxy) is 1. The summed E-state index contributed by atoms with van der Waals surface area (Å²) in [6.45, 7) is 2.84. The fourth-order valence-corrected chi connectivity index (χ4v) is 2.89. The topological polar surface area (TPSA) is 32.7 Å². The van der Waals surface area contributed by atoms with Crippen molar-refractivity contribution in [3.63, 3.8) is 0 Å². The summed E-state index contributed by atoms with van der Waals surface area (Å²) in [4.78, 5) is 2.62. The summed E-state index contributed by atoms with van der Waals surface area (Å²) in [7, 11) is 0. The van der Waals surface area contributed by atoms with Crippen LogP contribution in [0.15, 0.2) is 42.5 Å². The van der Waals surface area contributed by atoms with Gasteiger partial charge in [-0.2, -0.15) is 0 Å². The van der Waals surface area contributed by atoms with Crippen LogP contribution in [0.25, 0.3) is 10.8 Å². The molecule has 1 unspecified atom stereocenters. The molecular weight excluding hydrogens is 270 g/mol. The molecule has 0 aliphatic carbocycles. The highest BCUT2D eigenvalue weighted by molar-refractivity contribution is 7.80. The van der Waals surface area contributed by atoms with Gasteiger partial charge in [0.15, 0.2) is 0 Å². The molecule has 0 amide bonds. The predicted molar refractivity (Wildman–Crippen MR) is 83.9 cm³/mol. The van der Waals surface area contributed by atoms with Gasteiger partial charge >= 0.3 is 0 Å². The van der Waals surface area contributed by atoms with Crippen molar-refractivity contribution in [2.24, 2.45) is 0 Å². The predicted octanol–water partition coefficient (Wildman–Crippen LogP) is 2.53. The molecule has 20 heavy (non-hydrogen) atoms. The number of rotatable bonds is 2. The lowest BCUT2D eigenvalue weighted by molar-refractivity contribution is 0.0639. The minimum atomic E-state index is -0.741. The lowest BCUT2D eigenvalue weighted by atomic mass is 10.00. The SMILES string of the molecule is OC(C(=S)N1CCOCC1)c1cccc2ccccc12. The first-order valence-electron chi connectivity index (χ1n) is 6.79. The largest absolute Gasteiger partial charge is 0.381 e. The molecule has 0 spiro atoms. The van der Waals surface area contributed by atoms with Gasteiger partial charge in [0.2, 0.25) is 0 Å². The maximum absolute atomic E-state index is 10.6. The van der Waals surface area contributed by atoms with Crippen LogP contribution in [0.5, 0.6) is 0 Å². The van der Waals surface area contributed by atoms with Crippen molar-refractivity contribution in [2.45, 2.75) is 6.10 Å². The molecule has 3 nitrogen and oxygen atoms in total. The zero-order valence-electron chi connectivity index (χ0n) is 11.2. The van der Waals surface area contributed by atoms with Crippen LogP contribution in [-0.2, 0) is 4.74 Å². The molecule has 0 aromatic heterocycles. The number of aliphatic hydroxyl groups excluding tert-OH is 1. The Morgan fingerprint density at radius 3 is 2.60 bits per heavy atom. The number of thiocarbonyl (C=S) groups is 1. The summed E-state index contributed by atoms with van der Waals surface area (Å²) in [5.41, 5.74) is 0.875. The normalized spacial score (nSPS) is 17.1. The van der Waals surface area contributed by atoms with E-state index in [2.05, 4.69) is 0 Å². The highest BCUT2D eigenvalue weighted by Crippen LogP contribution is 2.26. The van der Waals surface area contributed by atoms with E-state index in [-0.39, 0.29) is 0 Å². The first kappa shape index (κ1) is 13.5. The van der Waals surface area contributed by atoms with Gasteiger partial charge in [0.1, 0.15) is 11.1 Å². The molecule has 2 aromatic rings. The molecule has 2 aromatic carbocycles. The second-order valence-corrected chi connectivity index (χ2v) is 5.33. The van der Waals surface area contributed by atoms with E-state index in [1.54, 1.807) is 0 Å². The molecule has 3 rings (SSSR count). The fourth-order valence-electron chi connectivity index (χ4n) is 2.58. The van der Waals surface area contributed by atoms with E-state index in [0.717, 1.165) is 29.4 Å². The average molecular weight is 287 g/mol. The van der Waals surface area contributed by atoms with Gasteiger partial charge in [-0.25, -0.2) is 0 Å². The number of morpholine rings is 1. The van der Waals surface area contributed by atoms with Crippen molar-refractivity contribution in [3.05, 3.63) is 48.0 Å². The quantitative estimate of drug-likeness (QED) is 0.860. The van der Waals surface area contributed by atoms with E-state index in [1.165, 1.54) is 0 Å². The van der Waals surface area contributed by atoms with Gasteiger partial charge < -0.3 is 14.7 Å². The Kier molecular flexibility index (Phi) is 3.96. The molecule has 0 bridgehead atoms. The number of fused-ring (bicyclic) bond motifs is 1. The van der Waals surface area contributed by atoms with Crippen LogP contribution in [0, 0.1) is 0 Å². The number of aliphatic hydroxyl groups is 1. The lowest BCUT2D eigenvalue weighted by Crippen LogP contribution is -2.42. The standard InChI is InChI=1S/C16H17NO2S/c18-15(16(20)17-8-10-19-11-9-17)14-7-3-5-12-4-1-2-6-13(12)14/h1-7,15,18H,8-11H2. The minimum Gasteiger partial charge on any atom is -0.381 e. The summed E-state index contributed by atoms with van der Waals surface area (Å²) in [6.07, 6.45) is -0.741. The van der Waals surface area contributed by atoms with Crippen LogP contribution in [0.3, 0.4) is 0 Å². The van der Waals surface area contributed by atoms with Crippen molar-refractivity contribution in [1.29, 1.82) is 0 Å². The van der Waals surface area contributed by atoms with Gasteiger partial charge in [0, 0.05) is 13.1 Å². The number of hydrogen-bond donors (Lipinski definition) is 1. The molecule has 1 aliphatic heterocycles. The molecule has 104 valence electrons. The lowest BCUT2D eigenvalue weighted by Gasteiger charge is -2.31. The second kappa shape index (κ2) is 5.87. The van der Waals surface area contributed by atoms with Gasteiger partial charge in [-0.1, -0.05) is 54.7 Å². The molecule has 1 saturated heterocycles. The molecule has 1 heterocycles. The molecular formula is C16H17NO2S. The van der Waals surface area contributed by atoms with Crippen molar-refractivity contribution >= 4 is 28.0 Å². The first-order valence-corrected chi connectivity index (χ1v) is 7.20. The summed E-state index contributed by atoms with van der Waals surface area (Å²) in [6, 6.07) is 14.0. The molecule has 0 radical (unpaired) electrons. The van der Waals surface area contributed by atoms with Gasteiger partial charge in [-0.3, -0.25) is 0 Å². The maximum atomic E-state index is 10.6. The van der Waals surface area contributed by atoms with Gasteiger partial charge in [0.05, 0.1) is 13.2 Å². The molecule has 4 heteroatoms. The monoisotopic (exact) mass is 287 g/mol. The van der Waals surface area contributed by atoms with Crippen molar-refractivity contribution in [2.75, 3.05) is 26.3 Å². The van der Waals surface area contributed by atoms with Crippen LogP contribution < -0.4 is 0 Å². The van der Waals surface area contributed by atoms with Crippen molar-refractivity contribution in [1.82, 2.24) is 4.90 Å². The molecule has 1 fully saturated rings. The van der Waals surface area contributed by atoms with E-state index in [0.29, 0.717) is 18.2 Å². The third-order valence-electron chi connectivity index (χ3n) is 3.67. The van der Waals surface area contributed by atoms with Crippen LogP contribution in [-0.4, -0.2) is 41.3 Å². The van der Waals surface area contributed by atoms with Crippen LogP contribution in [0.2, 0.25) is 0 Å². The maximum Gasteiger partial charge on any atom is 0.130 e. The highest BCUT2D eigenvalue weighted by Gasteiger charge is 2.22. The van der Waals surface area contributed by atoms with Crippen molar-refractivity contribution in [3.8, 4) is 0 Å². The third-order valence-corrected chi connectivity index (χ3v) is 4.16.